The van der Waals surface area contributed by atoms with Gasteiger partial charge >= 0.3 is 0 Å². The average molecular weight is 309 g/mol. The maximum absolute atomic E-state index is 12.1. The van der Waals surface area contributed by atoms with E-state index in [4.69, 9.17) is 0 Å². The Bertz CT molecular complexity index is 558. The lowest BCUT2D eigenvalue weighted by Gasteiger charge is -2.34. The van der Waals surface area contributed by atoms with Crippen LogP contribution in [0.15, 0.2) is 16.0 Å². The second-order valence-electron chi connectivity index (χ2n) is 5.92. The zero-order chi connectivity index (χ0) is 15.4. The van der Waals surface area contributed by atoms with Crippen LogP contribution in [0.3, 0.4) is 0 Å². The fourth-order valence-electron chi connectivity index (χ4n) is 2.79. The van der Waals surface area contributed by atoms with Crippen molar-refractivity contribution in [1.29, 1.82) is 0 Å². The van der Waals surface area contributed by atoms with Crippen molar-refractivity contribution >= 4 is 17.7 Å². The van der Waals surface area contributed by atoms with Crippen molar-refractivity contribution in [2.45, 2.75) is 51.2 Å². The Morgan fingerprint density at radius 2 is 2.24 bits per heavy atom. The van der Waals surface area contributed by atoms with Gasteiger partial charge in [-0.3, -0.25) is 9.59 Å². The number of aryl methyl sites for hydroxylation is 1. The third-order valence-electron chi connectivity index (χ3n) is 4.24. The van der Waals surface area contributed by atoms with E-state index in [2.05, 4.69) is 29.1 Å². The minimum Gasteiger partial charge on any atom is -0.352 e. The summed E-state index contributed by atoms with van der Waals surface area (Å²) >= 11 is 1.27. The third-order valence-corrected chi connectivity index (χ3v) is 5.11. The summed E-state index contributed by atoms with van der Waals surface area (Å²) in [4.78, 5) is 30.2. The van der Waals surface area contributed by atoms with Crippen LogP contribution in [-0.2, 0) is 4.79 Å². The van der Waals surface area contributed by atoms with Crippen LogP contribution in [0.1, 0.15) is 38.8 Å². The molecule has 0 unspecified atom stereocenters. The molecule has 0 saturated heterocycles. The summed E-state index contributed by atoms with van der Waals surface area (Å²) in [6, 6.07) is 1.71. The Morgan fingerprint density at radius 3 is 2.95 bits per heavy atom. The number of amides is 1. The molecule has 1 aliphatic rings. The van der Waals surface area contributed by atoms with Crippen LogP contribution in [0, 0.1) is 18.8 Å². The van der Waals surface area contributed by atoms with Crippen LogP contribution in [0.25, 0.3) is 0 Å². The first-order chi connectivity index (χ1) is 9.95. The van der Waals surface area contributed by atoms with Crippen molar-refractivity contribution in [1.82, 2.24) is 15.3 Å². The molecule has 0 bridgehead atoms. The van der Waals surface area contributed by atoms with E-state index in [1.54, 1.807) is 6.92 Å². The first kappa shape index (κ1) is 16.1. The number of nitrogens with zero attached hydrogens (tertiary/aromatic N) is 1. The van der Waals surface area contributed by atoms with E-state index in [1.807, 2.05) is 0 Å². The molecule has 1 heterocycles. The minimum absolute atomic E-state index is 0.00936. The number of aromatic amines is 1. The largest absolute Gasteiger partial charge is 0.352 e. The molecule has 1 aliphatic carbocycles. The van der Waals surface area contributed by atoms with Gasteiger partial charge in [-0.2, -0.15) is 0 Å². The molecule has 0 aliphatic heterocycles. The SMILES string of the molecule is Cc1cc(=O)[nH]c(SCC(=O)N[C@@H]2CCC[C@H](C)[C@@H]2C)n1. The summed E-state index contributed by atoms with van der Waals surface area (Å²) in [5.41, 5.74) is 0.483. The second kappa shape index (κ2) is 7.11. The lowest BCUT2D eigenvalue weighted by Crippen LogP contribution is -2.44. The van der Waals surface area contributed by atoms with E-state index in [-0.39, 0.29) is 23.3 Å². The summed E-state index contributed by atoms with van der Waals surface area (Å²) in [6.45, 7) is 6.23. The number of carbonyl (C=O) groups is 1. The molecule has 1 saturated carbocycles. The van der Waals surface area contributed by atoms with Gasteiger partial charge in [0.2, 0.25) is 5.91 Å². The highest BCUT2D eigenvalue weighted by Gasteiger charge is 2.27. The molecule has 21 heavy (non-hydrogen) atoms. The molecule has 0 spiro atoms. The van der Waals surface area contributed by atoms with Crippen LogP contribution >= 0.6 is 11.8 Å². The quantitative estimate of drug-likeness (QED) is 0.660. The van der Waals surface area contributed by atoms with Gasteiger partial charge in [0.15, 0.2) is 5.16 Å². The van der Waals surface area contributed by atoms with Crippen molar-refractivity contribution < 1.29 is 4.79 Å². The smallest absolute Gasteiger partial charge is 0.251 e. The maximum Gasteiger partial charge on any atom is 0.251 e. The van der Waals surface area contributed by atoms with Gasteiger partial charge in [-0.05, 0) is 25.2 Å². The van der Waals surface area contributed by atoms with Gasteiger partial charge in [-0.25, -0.2) is 4.98 Å². The highest BCUT2D eigenvalue weighted by molar-refractivity contribution is 7.99. The monoisotopic (exact) mass is 309 g/mol. The zero-order valence-electron chi connectivity index (χ0n) is 12.8. The van der Waals surface area contributed by atoms with E-state index in [0.29, 0.717) is 22.7 Å². The minimum atomic E-state index is -0.180. The number of hydrogen-bond acceptors (Lipinski definition) is 4. The molecule has 2 N–H and O–H groups in total. The number of nitrogens with one attached hydrogen (secondary N) is 2. The predicted octanol–water partition coefficient (Wildman–Crippen LogP) is 2.11. The molecule has 0 radical (unpaired) electrons. The average Bonchev–Trinajstić information content (AvgIpc) is 2.41. The molecular weight excluding hydrogens is 286 g/mol. The van der Waals surface area contributed by atoms with E-state index < -0.39 is 0 Å². The molecule has 1 aromatic heterocycles. The first-order valence-corrected chi connectivity index (χ1v) is 8.44. The topological polar surface area (TPSA) is 74.8 Å². The molecule has 6 heteroatoms. The lowest BCUT2D eigenvalue weighted by molar-refractivity contribution is -0.120. The standard InChI is InChI=1S/C15H23N3O2S/c1-9-5-4-6-12(11(9)3)17-14(20)8-21-15-16-10(2)7-13(19)18-15/h7,9,11-12H,4-6,8H2,1-3H3,(H,17,20)(H,16,18,19)/t9-,11-,12+/m0/s1. The molecule has 1 amide bonds. The summed E-state index contributed by atoms with van der Waals surface area (Å²) in [7, 11) is 0. The zero-order valence-corrected chi connectivity index (χ0v) is 13.6. The number of H-pyrrole nitrogens is 1. The van der Waals surface area contributed by atoms with Crippen LogP contribution in [0.5, 0.6) is 0 Å². The summed E-state index contributed by atoms with van der Waals surface area (Å²) in [6.07, 6.45) is 3.48. The molecular formula is C15H23N3O2S. The van der Waals surface area contributed by atoms with E-state index in [9.17, 15) is 9.59 Å². The maximum atomic E-state index is 12.1. The molecule has 0 aromatic carbocycles. The van der Waals surface area contributed by atoms with Gasteiger partial charge in [-0.1, -0.05) is 38.5 Å². The summed E-state index contributed by atoms with van der Waals surface area (Å²) in [5, 5.41) is 3.62. The Balaban J connectivity index is 1.86. The van der Waals surface area contributed by atoms with Gasteiger partial charge in [0.25, 0.3) is 5.56 Å². The van der Waals surface area contributed by atoms with Crippen LogP contribution < -0.4 is 10.9 Å². The molecule has 116 valence electrons. The number of hydrogen-bond donors (Lipinski definition) is 2. The van der Waals surface area contributed by atoms with Crippen molar-refractivity contribution in [3.63, 3.8) is 0 Å². The Hall–Kier alpha value is -1.30. The molecule has 3 atom stereocenters. The molecule has 5 nitrogen and oxygen atoms in total. The van der Waals surface area contributed by atoms with Gasteiger partial charge in [0, 0.05) is 17.8 Å². The molecule has 1 aromatic rings. The van der Waals surface area contributed by atoms with Gasteiger partial charge in [0.05, 0.1) is 5.75 Å². The van der Waals surface area contributed by atoms with Crippen molar-refractivity contribution in [3.8, 4) is 0 Å². The Labute approximate surface area is 129 Å². The van der Waals surface area contributed by atoms with Gasteiger partial charge in [-0.15, -0.1) is 0 Å². The third kappa shape index (κ3) is 4.59. The van der Waals surface area contributed by atoms with E-state index in [1.165, 1.54) is 30.7 Å². The van der Waals surface area contributed by atoms with Crippen molar-refractivity contribution in [3.05, 3.63) is 22.1 Å². The van der Waals surface area contributed by atoms with Crippen molar-refractivity contribution in [2.75, 3.05) is 5.75 Å². The molecule has 1 fully saturated rings. The number of thioether (sulfide) groups is 1. The highest BCUT2D eigenvalue weighted by Crippen LogP contribution is 2.29. The van der Waals surface area contributed by atoms with Crippen molar-refractivity contribution in [2.24, 2.45) is 11.8 Å². The number of carbonyl (C=O) groups excluding carboxylic acids is 1. The van der Waals surface area contributed by atoms with Crippen LogP contribution in [0.4, 0.5) is 0 Å². The van der Waals surface area contributed by atoms with Crippen LogP contribution in [-0.4, -0.2) is 27.7 Å². The fraction of sp³-hybridized carbons (Fsp3) is 0.667. The van der Waals surface area contributed by atoms with E-state index >= 15 is 0 Å². The second-order valence-corrected chi connectivity index (χ2v) is 6.89. The molecule has 2 rings (SSSR count). The number of aromatic nitrogens is 2. The Kier molecular flexibility index (Phi) is 5.45. The normalized spacial score (nSPS) is 25.6. The van der Waals surface area contributed by atoms with E-state index in [0.717, 1.165) is 6.42 Å². The Morgan fingerprint density at radius 1 is 1.48 bits per heavy atom. The van der Waals surface area contributed by atoms with Crippen LogP contribution in [0.2, 0.25) is 0 Å². The fourth-order valence-corrected chi connectivity index (χ4v) is 3.52. The van der Waals surface area contributed by atoms with Gasteiger partial charge in [0.1, 0.15) is 0 Å². The number of rotatable bonds is 4. The highest BCUT2D eigenvalue weighted by atomic mass is 32.2. The van der Waals surface area contributed by atoms with Gasteiger partial charge < -0.3 is 10.3 Å². The first-order valence-electron chi connectivity index (χ1n) is 7.46. The predicted molar refractivity (Wildman–Crippen MR) is 84.4 cm³/mol. The summed E-state index contributed by atoms with van der Waals surface area (Å²) < 4.78 is 0. The summed E-state index contributed by atoms with van der Waals surface area (Å²) in [5.74, 6) is 1.47. The lowest BCUT2D eigenvalue weighted by atomic mass is 9.78.